The largest absolute Gasteiger partial charge is 0.366 e. The number of nitrogens with two attached hydrogens (primary N) is 1. The van der Waals surface area contributed by atoms with Gasteiger partial charge in [0.15, 0.2) is 5.65 Å². The predicted molar refractivity (Wildman–Crippen MR) is 88.6 cm³/mol. The maximum Gasteiger partial charge on any atom is 0.269 e. The number of aromatic nitrogens is 4. The van der Waals surface area contributed by atoms with Crippen LogP contribution < -0.4 is 5.73 Å². The van der Waals surface area contributed by atoms with Crippen molar-refractivity contribution in [1.29, 1.82) is 0 Å². The Labute approximate surface area is 135 Å². The van der Waals surface area contributed by atoms with Gasteiger partial charge in [-0.1, -0.05) is 24.3 Å². The Balaban J connectivity index is 1.84. The van der Waals surface area contributed by atoms with E-state index in [-0.39, 0.29) is 11.6 Å². The lowest BCUT2D eigenvalue weighted by molar-refractivity contribution is -0.384. The molecule has 8 heteroatoms. The van der Waals surface area contributed by atoms with E-state index in [1.165, 1.54) is 12.1 Å². The summed E-state index contributed by atoms with van der Waals surface area (Å²) in [6.45, 7) is 0. The van der Waals surface area contributed by atoms with E-state index in [2.05, 4.69) is 15.1 Å². The summed E-state index contributed by atoms with van der Waals surface area (Å²) in [5, 5.41) is 15.8. The number of benzene rings is 2. The fraction of sp³-hybridized carbons (Fsp3) is 0.0625. The molecular weight excluding hydrogens is 308 g/mol. The normalized spacial score (nSPS) is 11.2. The van der Waals surface area contributed by atoms with Gasteiger partial charge in [0, 0.05) is 23.9 Å². The first-order chi connectivity index (χ1) is 11.6. The van der Waals surface area contributed by atoms with Crippen molar-refractivity contribution in [2.24, 2.45) is 0 Å². The van der Waals surface area contributed by atoms with Gasteiger partial charge in [0.1, 0.15) is 5.82 Å². The molecule has 4 rings (SSSR count). The van der Waals surface area contributed by atoms with Crippen molar-refractivity contribution in [3.05, 3.63) is 70.0 Å². The van der Waals surface area contributed by atoms with Crippen molar-refractivity contribution in [1.82, 2.24) is 19.6 Å². The Morgan fingerprint density at radius 3 is 2.58 bits per heavy atom. The smallest absolute Gasteiger partial charge is 0.269 e. The fourth-order valence-electron chi connectivity index (χ4n) is 2.66. The molecule has 2 heterocycles. The Hall–Kier alpha value is -3.55. The van der Waals surface area contributed by atoms with Crippen molar-refractivity contribution < 1.29 is 4.92 Å². The lowest BCUT2D eigenvalue weighted by Gasteiger charge is -2.06. The maximum absolute atomic E-state index is 10.8. The molecule has 0 saturated heterocycles. The number of hydrogen-bond acceptors (Lipinski definition) is 6. The van der Waals surface area contributed by atoms with Crippen molar-refractivity contribution in [3.8, 4) is 0 Å². The number of nitro groups is 1. The highest BCUT2D eigenvalue weighted by atomic mass is 16.6. The van der Waals surface area contributed by atoms with Gasteiger partial charge in [0.05, 0.1) is 10.4 Å². The molecule has 4 aromatic rings. The Bertz CT molecular complexity index is 1070. The average Bonchev–Trinajstić information content (AvgIpc) is 2.97. The van der Waals surface area contributed by atoms with Crippen LogP contribution >= 0.6 is 0 Å². The zero-order chi connectivity index (χ0) is 16.7. The average molecular weight is 320 g/mol. The minimum absolute atomic E-state index is 0.0559. The summed E-state index contributed by atoms with van der Waals surface area (Å²) < 4.78 is 1.62. The van der Waals surface area contributed by atoms with E-state index in [9.17, 15) is 10.1 Å². The minimum Gasteiger partial charge on any atom is -0.366 e. The Morgan fingerprint density at radius 2 is 1.83 bits per heavy atom. The summed E-state index contributed by atoms with van der Waals surface area (Å²) in [6.07, 6.45) is 0.460. The molecule has 0 unspecified atom stereocenters. The molecule has 24 heavy (non-hydrogen) atoms. The molecule has 0 bridgehead atoms. The number of fused-ring (bicyclic) bond motifs is 3. The topological polar surface area (TPSA) is 112 Å². The molecule has 0 aliphatic carbocycles. The van der Waals surface area contributed by atoms with E-state index in [0.717, 1.165) is 16.5 Å². The first kappa shape index (κ1) is 14.1. The lowest BCUT2D eigenvalue weighted by atomic mass is 10.1. The van der Waals surface area contributed by atoms with Crippen LogP contribution in [-0.4, -0.2) is 24.5 Å². The lowest BCUT2D eigenvalue weighted by Crippen LogP contribution is -2.05. The van der Waals surface area contributed by atoms with Crippen molar-refractivity contribution >= 4 is 28.2 Å². The Morgan fingerprint density at radius 1 is 1.08 bits per heavy atom. The van der Waals surface area contributed by atoms with Gasteiger partial charge in [-0.05, 0) is 17.7 Å². The zero-order valence-electron chi connectivity index (χ0n) is 12.5. The number of para-hydroxylation sites is 1. The second-order valence-electron chi connectivity index (χ2n) is 5.35. The van der Waals surface area contributed by atoms with E-state index < -0.39 is 4.92 Å². The second kappa shape index (κ2) is 5.27. The number of anilines is 1. The van der Waals surface area contributed by atoms with Crippen LogP contribution in [0.25, 0.3) is 16.6 Å². The first-order valence-electron chi connectivity index (χ1n) is 7.25. The third kappa shape index (κ3) is 2.30. The third-order valence-corrected chi connectivity index (χ3v) is 3.77. The minimum atomic E-state index is -0.422. The van der Waals surface area contributed by atoms with Crippen LogP contribution in [0.15, 0.2) is 48.5 Å². The fourth-order valence-corrected chi connectivity index (χ4v) is 2.66. The van der Waals surface area contributed by atoms with Gasteiger partial charge < -0.3 is 5.73 Å². The van der Waals surface area contributed by atoms with Crippen LogP contribution in [0.5, 0.6) is 0 Å². The standard InChI is InChI=1S/C16H12N6O2/c17-16-19-15-12-3-1-2-4-13(12)18-14(21(15)20-16)9-10-5-7-11(8-6-10)22(23)24/h1-8H,9H2,(H2,17,20). The van der Waals surface area contributed by atoms with E-state index in [4.69, 9.17) is 5.73 Å². The van der Waals surface area contributed by atoms with Gasteiger partial charge in [-0.15, -0.1) is 5.10 Å². The van der Waals surface area contributed by atoms with Crippen molar-refractivity contribution in [2.45, 2.75) is 6.42 Å². The number of nitrogen functional groups attached to an aromatic ring is 1. The van der Waals surface area contributed by atoms with Crippen LogP contribution in [0.4, 0.5) is 11.6 Å². The van der Waals surface area contributed by atoms with Crippen molar-refractivity contribution in [2.75, 3.05) is 5.73 Å². The summed E-state index contributed by atoms with van der Waals surface area (Å²) >= 11 is 0. The zero-order valence-corrected chi connectivity index (χ0v) is 12.5. The number of non-ortho nitro benzene ring substituents is 1. The molecule has 2 N–H and O–H groups in total. The molecule has 0 amide bonds. The van der Waals surface area contributed by atoms with Gasteiger partial charge in [-0.25, -0.2) is 4.98 Å². The molecule has 0 aliphatic rings. The molecule has 2 aromatic heterocycles. The van der Waals surface area contributed by atoms with Crippen LogP contribution in [-0.2, 0) is 6.42 Å². The number of nitro benzene ring substituents is 1. The molecular formula is C16H12N6O2. The van der Waals surface area contributed by atoms with Crippen LogP contribution in [0.2, 0.25) is 0 Å². The van der Waals surface area contributed by atoms with Crippen LogP contribution in [0.1, 0.15) is 11.4 Å². The third-order valence-electron chi connectivity index (χ3n) is 3.77. The van der Waals surface area contributed by atoms with Gasteiger partial charge in [-0.3, -0.25) is 10.1 Å². The first-order valence-corrected chi connectivity index (χ1v) is 7.25. The van der Waals surface area contributed by atoms with Gasteiger partial charge in [-0.2, -0.15) is 9.50 Å². The van der Waals surface area contributed by atoms with Gasteiger partial charge >= 0.3 is 0 Å². The van der Waals surface area contributed by atoms with Gasteiger partial charge in [0.2, 0.25) is 5.95 Å². The Kier molecular flexibility index (Phi) is 3.09. The molecule has 8 nitrogen and oxygen atoms in total. The SMILES string of the molecule is Nc1nc2c3ccccc3nc(Cc3ccc([N+](=O)[O-])cc3)n2n1. The molecule has 0 fully saturated rings. The molecule has 118 valence electrons. The molecule has 0 saturated carbocycles. The summed E-state index contributed by atoms with van der Waals surface area (Å²) in [7, 11) is 0. The van der Waals surface area contributed by atoms with E-state index in [0.29, 0.717) is 17.9 Å². The van der Waals surface area contributed by atoms with E-state index in [1.807, 2.05) is 24.3 Å². The molecule has 0 radical (unpaired) electrons. The van der Waals surface area contributed by atoms with E-state index >= 15 is 0 Å². The number of rotatable bonds is 3. The highest BCUT2D eigenvalue weighted by Crippen LogP contribution is 2.21. The molecule has 0 spiro atoms. The second-order valence-corrected chi connectivity index (χ2v) is 5.35. The molecule has 0 atom stereocenters. The van der Waals surface area contributed by atoms with Crippen molar-refractivity contribution in [3.63, 3.8) is 0 Å². The number of nitrogens with zero attached hydrogens (tertiary/aromatic N) is 5. The summed E-state index contributed by atoms with van der Waals surface area (Å²) in [5.74, 6) is 0.847. The van der Waals surface area contributed by atoms with Gasteiger partial charge in [0.25, 0.3) is 5.69 Å². The van der Waals surface area contributed by atoms with Crippen LogP contribution in [0.3, 0.4) is 0 Å². The van der Waals surface area contributed by atoms with E-state index in [1.54, 1.807) is 16.6 Å². The molecule has 2 aromatic carbocycles. The highest BCUT2D eigenvalue weighted by molar-refractivity contribution is 5.91. The monoisotopic (exact) mass is 320 g/mol. The summed E-state index contributed by atoms with van der Waals surface area (Å²) in [5.41, 5.74) is 8.14. The molecule has 0 aliphatic heterocycles. The number of hydrogen-bond donors (Lipinski definition) is 1. The summed E-state index contributed by atoms with van der Waals surface area (Å²) in [4.78, 5) is 19.3. The van der Waals surface area contributed by atoms with Crippen LogP contribution in [0, 0.1) is 10.1 Å². The summed E-state index contributed by atoms with van der Waals surface area (Å²) in [6, 6.07) is 14.0. The predicted octanol–water partition coefficient (Wildman–Crippen LogP) is 2.36. The highest BCUT2D eigenvalue weighted by Gasteiger charge is 2.13. The quantitative estimate of drug-likeness (QED) is 0.458. The maximum atomic E-state index is 10.8.